The molecule has 0 amide bonds. The molecule has 1 aromatic rings. The summed E-state index contributed by atoms with van der Waals surface area (Å²) in [4.78, 5) is 21.9. The van der Waals surface area contributed by atoms with E-state index in [1.165, 1.54) is 6.42 Å². The van der Waals surface area contributed by atoms with Crippen molar-refractivity contribution in [1.82, 2.24) is 0 Å². The number of carboxylic acid groups (broad SMARTS) is 2. The molecule has 0 bridgehead atoms. The van der Waals surface area contributed by atoms with E-state index in [-0.39, 0.29) is 0 Å². The molecule has 21 heavy (non-hydrogen) atoms. The van der Waals surface area contributed by atoms with Gasteiger partial charge in [-0.25, -0.2) is 4.79 Å². The van der Waals surface area contributed by atoms with Crippen molar-refractivity contribution in [1.29, 1.82) is 0 Å². The quantitative estimate of drug-likeness (QED) is 0.842. The summed E-state index contributed by atoms with van der Waals surface area (Å²) in [6, 6.07) is 7.36. The third-order valence-corrected chi connectivity index (χ3v) is 3.87. The Balaban J connectivity index is 2.18. The van der Waals surface area contributed by atoms with Crippen molar-refractivity contribution in [3.63, 3.8) is 0 Å². The van der Waals surface area contributed by atoms with Gasteiger partial charge < -0.3 is 14.9 Å². The van der Waals surface area contributed by atoms with Gasteiger partial charge in [0.2, 0.25) is 6.10 Å². The van der Waals surface area contributed by atoms with E-state index in [0.29, 0.717) is 11.7 Å². The Kier molecular flexibility index (Phi) is 5.20. The van der Waals surface area contributed by atoms with Gasteiger partial charge in [-0.3, -0.25) is 4.79 Å². The van der Waals surface area contributed by atoms with Crippen LogP contribution in [0.4, 0.5) is 0 Å². The molecule has 5 heteroatoms. The van der Waals surface area contributed by atoms with Crippen molar-refractivity contribution in [2.75, 3.05) is 0 Å². The van der Waals surface area contributed by atoms with E-state index in [4.69, 9.17) is 14.9 Å². The van der Waals surface area contributed by atoms with Crippen LogP contribution >= 0.6 is 0 Å². The van der Waals surface area contributed by atoms with E-state index < -0.39 is 24.5 Å². The van der Waals surface area contributed by atoms with Crippen LogP contribution < -0.4 is 4.74 Å². The van der Waals surface area contributed by atoms with Crippen LogP contribution in [0.5, 0.6) is 5.75 Å². The third-order valence-electron chi connectivity index (χ3n) is 3.87. The molecule has 1 aliphatic rings. The van der Waals surface area contributed by atoms with Crippen molar-refractivity contribution in [2.45, 2.75) is 50.5 Å². The zero-order valence-corrected chi connectivity index (χ0v) is 11.8. The lowest BCUT2D eigenvalue weighted by atomic mass is 9.84. The first-order valence-electron chi connectivity index (χ1n) is 7.28. The summed E-state index contributed by atoms with van der Waals surface area (Å²) in [7, 11) is 0. The second-order valence-corrected chi connectivity index (χ2v) is 5.42. The molecular weight excluding hydrogens is 272 g/mol. The lowest BCUT2D eigenvalue weighted by Crippen LogP contribution is -2.30. The molecule has 1 aromatic carbocycles. The molecule has 1 atom stereocenters. The first kappa shape index (κ1) is 15.4. The lowest BCUT2D eigenvalue weighted by molar-refractivity contribution is -0.151. The van der Waals surface area contributed by atoms with Crippen molar-refractivity contribution < 1.29 is 24.5 Å². The zero-order valence-electron chi connectivity index (χ0n) is 11.8. The molecule has 0 aromatic heterocycles. The van der Waals surface area contributed by atoms with Crippen LogP contribution in [-0.4, -0.2) is 28.3 Å². The van der Waals surface area contributed by atoms with Crippen LogP contribution in [0.3, 0.4) is 0 Å². The topological polar surface area (TPSA) is 83.8 Å². The molecule has 1 aliphatic carbocycles. The van der Waals surface area contributed by atoms with Gasteiger partial charge in [0.25, 0.3) is 0 Å². The molecule has 0 spiro atoms. The largest absolute Gasteiger partial charge is 0.481 e. The van der Waals surface area contributed by atoms with E-state index in [1.807, 2.05) is 12.1 Å². The summed E-state index contributed by atoms with van der Waals surface area (Å²) in [5, 5.41) is 17.9. The molecule has 0 radical (unpaired) electrons. The van der Waals surface area contributed by atoms with Gasteiger partial charge in [0, 0.05) is 0 Å². The standard InChI is InChI=1S/C16H20O5/c17-15(18)10-14(16(19)20)21-13-9-5-4-8-12(13)11-6-2-1-3-7-11/h4-5,8-9,11,14H,1-3,6-7,10H2,(H,17,18)(H,19,20). The van der Waals surface area contributed by atoms with Crippen molar-refractivity contribution in [2.24, 2.45) is 0 Å². The van der Waals surface area contributed by atoms with Crippen LogP contribution in [0.25, 0.3) is 0 Å². The highest BCUT2D eigenvalue weighted by Gasteiger charge is 2.26. The molecule has 0 heterocycles. The summed E-state index contributed by atoms with van der Waals surface area (Å²) < 4.78 is 5.49. The highest BCUT2D eigenvalue weighted by atomic mass is 16.5. The molecule has 2 rings (SSSR count). The second kappa shape index (κ2) is 7.11. The SMILES string of the molecule is O=C(O)CC(Oc1ccccc1C1CCCCC1)C(=O)O. The Morgan fingerprint density at radius 3 is 2.43 bits per heavy atom. The van der Waals surface area contributed by atoms with Crippen LogP contribution in [0.15, 0.2) is 24.3 Å². The first-order valence-corrected chi connectivity index (χ1v) is 7.28. The number of para-hydroxylation sites is 1. The maximum absolute atomic E-state index is 11.1. The van der Waals surface area contributed by atoms with Gasteiger partial charge in [-0.05, 0) is 30.4 Å². The number of benzene rings is 1. The number of aliphatic carboxylic acids is 2. The monoisotopic (exact) mass is 292 g/mol. The van der Waals surface area contributed by atoms with Crippen molar-refractivity contribution >= 4 is 11.9 Å². The molecule has 0 saturated heterocycles. The minimum atomic E-state index is -1.35. The first-order chi connectivity index (χ1) is 10.1. The van der Waals surface area contributed by atoms with E-state index in [9.17, 15) is 9.59 Å². The fraction of sp³-hybridized carbons (Fsp3) is 0.500. The minimum absolute atomic E-state index is 0.370. The summed E-state index contributed by atoms with van der Waals surface area (Å²) in [6.07, 6.45) is 3.79. The molecule has 1 unspecified atom stereocenters. The number of carboxylic acids is 2. The van der Waals surface area contributed by atoms with Crippen molar-refractivity contribution in [3.05, 3.63) is 29.8 Å². The molecule has 1 saturated carbocycles. The summed E-state index contributed by atoms with van der Waals surface area (Å²) >= 11 is 0. The predicted molar refractivity (Wildman–Crippen MR) is 76.6 cm³/mol. The highest BCUT2D eigenvalue weighted by molar-refractivity contribution is 5.80. The lowest BCUT2D eigenvalue weighted by Gasteiger charge is -2.25. The van der Waals surface area contributed by atoms with Gasteiger partial charge in [-0.2, -0.15) is 0 Å². The van der Waals surface area contributed by atoms with Gasteiger partial charge in [0.05, 0.1) is 6.42 Å². The Labute approximate surface area is 123 Å². The summed E-state index contributed by atoms with van der Waals surface area (Å²) in [5.41, 5.74) is 0.994. The van der Waals surface area contributed by atoms with Crippen LogP contribution in [0.1, 0.15) is 50.0 Å². The van der Waals surface area contributed by atoms with E-state index in [2.05, 4.69) is 0 Å². The molecular formula is C16H20O5. The Morgan fingerprint density at radius 1 is 1.14 bits per heavy atom. The Morgan fingerprint density at radius 2 is 1.81 bits per heavy atom. The fourth-order valence-corrected chi connectivity index (χ4v) is 2.83. The van der Waals surface area contributed by atoms with E-state index in [0.717, 1.165) is 31.2 Å². The normalized spacial score (nSPS) is 17.1. The predicted octanol–water partition coefficient (Wildman–Crippen LogP) is 3.04. The number of hydrogen-bond donors (Lipinski definition) is 2. The third kappa shape index (κ3) is 4.21. The van der Waals surface area contributed by atoms with Crippen LogP contribution in [0.2, 0.25) is 0 Å². The van der Waals surface area contributed by atoms with E-state index >= 15 is 0 Å². The van der Waals surface area contributed by atoms with Gasteiger partial charge in [-0.1, -0.05) is 37.5 Å². The van der Waals surface area contributed by atoms with Crippen LogP contribution in [-0.2, 0) is 9.59 Å². The maximum Gasteiger partial charge on any atom is 0.345 e. The zero-order chi connectivity index (χ0) is 15.2. The average molecular weight is 292 g/mol. The number of hydrogen-bond acceptors (Lipinski definition) is 3. The molecule has 114 valence electrons. The van der Waals surface area contributed by atoms with Gasteiger partial charge >= 0.3 is 11.9 Å². The van der Waals surface area contributed by atoms with E-state index in [1.54, 1.807) is 12.1 Å². The minimum Gasteiger partial charge on any atom is -0.481 e. The van der Waals surface area contributed by atoms with Gasteiger partial charge in [0.15, 0.2) is 0 Å². The average Bonchev–Trinajstić information content (AvgIpc) is 2.47. The number of rotatable bonds is 6. The summed E-state index contributed by atoms with van der Waals surface area (Å²) in [5.74, 6) is -1.57. The molecule has 1 fully saturated rings. The van der Waals surface area contributed by atoms with Gasteiger partial charge in [0.1, 0.15) is 5.75 Å². The molecule has 2 N–H and O–H groups in total. The molecule has 0 aliphatic heterocycles. The number of carbonyl (C=O) groups is 2. The summed E-state index contributed by atoms with van der Waals surface area (Å²) in [6.45, 7) is 0. The second-order valence-electron chi connectivity index (χ2n) is 5.42. The van der Waals surface area contributed by atoms with Crippen molar-refractivity contribution in [3.8, 4) is 5.75 Å². The number of ether oxygens (including phenoxy) is 1. The smallest absolute Gasteiger partial charge is 0.345 e. The Bertz CT molecular complexity index is 505. The highest BCUT2D eigenvalue weighted by Crippen LogP contribution is 2.37. The van der Waals surface area contributed by atoms with Gasteiger partial charge in [-0.15, -0.1) is 0 Å². The van der Waals surface area contributed by atoms with Crippen LogP contribution in [0, 0.1) is 0 Å². The Hall–Kier alpha value is -2.04. The molecule has 5 nitrogen and oxygen atoms in total. The maximum atomic E-state index is 11.1. The fourth-order valence-electron chi connectivity index (χ4n) is 2.83.